The first-order valence-electron chi connectivity index (χ1n) is 28.3. The molecule has 2 fully saturated rings. The molecule has 11 atom stereocenters. The number of hydrogen-bond acceptors (Lipinski definition) is 21. The topological polar surface area (TPSA) is 623 Å². The smallest absolute Gasteiger partial charge is 0.326 e. The Balaban J connectivity index is 2.16. The van der Waals surface area contributed by atoms with E-state index in [1.165, 1.54) is 13.8 Å². The third-order valence-electron chi connectivity index (χ3n) is 13.7. The van der Waals surface area contributed by atoms with Crippen LogP contribution in [0.5, 0.6) is 0 Å². The summed E-state index contributed by atoms with van der Waals surface area (Å²) in [4.78, 5) is 218. The number of aliphatic carboxylic acids is 1. The van der Waals surface area contributed by atoms with Gasteiger partial charge in [0.2, 0.25) is 94.5 Å². The standard InChI is InChI=1S/C51H83N17O21/c1-23(2)40(48(85)59-19-38(77)61-27(9-13-34(53)73)45(82)63-29(51(88)89)11-15-36(55)75)67-46(83)31(22-70)64-47(84)32-7-5-17-68(32)50(87)28(10-14-35(54)74)62-44(81)26(8-12-33(52)72)60-37(76)18-58-43(80)30(21-69)65-49(86)41(24(3)71)66-39(78)20-57-42(79)25-6-4-16-56-25/h23-32,40-41,56,69-71H,4-22H2,1-3H3,(H2,52,72)(H2,53,73)(H2,54,74)(H2,55,75)(H,57,79)(H,58,80)(H,59,85)(H,60,76)(H,61,77)(H,62,81)(H,63,82)(H,64,84)(H,65,86)(H,66,78)(H,67,83)(H,88,89)/t24-,25+,26+,27+,28+,29+,30+,31+,32+,40+,41+/m1/s1. The highest BCUT2D eigenvalue weighted by molar-refractivity contribution is 5.99. The molecule has 2 saturated heterocycles. The second-order valence-corrected chi connectivity index (χ2v) is 21.2. The Bertz CT molecular complexity index is 2600. The van der Waals surface area contributed by atoms with E-state index in [9.17, 15) is 102 Å². The first-order valence-corrected chi connectivity index (χ1v) is 28.3. The van der Waals surface area contributed by atoms with E-state index in [0.717, 1.165) is 18.2 Å². The first-order chi connectivity index (χ1) is 41.8. The van der Waals surface area contributed by atoms with Crippen LogP contribution < -0.4 is 86.7 Å². The Morgan fingerprint density at radius 3 is 1.37 bits per heavy atom. The summed E-state index contributed by atoms with van der Waals surface area (Å²) in [5, 5.41) is 67.7. The van der Waals surface area contributed by atoms with Gasteiger partial charge in [0.15, 0.2) is 0 Å². The van der Waals surface area contributed by atoms with Gasteiger partial charge in [-0.3, -0.25) is 76.7 Å². The number of carbonyl (C=O) groups is 17. The lowest BCUT2D eigenvalue weighted by atomic mass is 10.0. The van der Waals surface area contributed by atoms with Crippen LogP contribution in [0.3, 0.4) is 0 Å². The number of rotatable bonds is 40. The van der Waals surface area contributed by atoms with E-state index in [0.29, 0.717) is 13.0 Å². The van der Waals surface area contributed by atoms with Crippen molar-refractivity contribution in [2.24, 2.45) is 28.9 Å². The zero-order chi connectivity index (χ0) is 67.2. The van der Waals surface area contributed by atoms with Crippen LogP contribution in [-0.4, -0.2) is 238 Å². The minimum atomic E-state index is -1.79. The number of hydrogen-bond donors (Lipinski definition) is 20. The van der Waals surface area contributed by atoms with Crippen molar-refractivity contribution in [3.63, 3.8) is 0 Å². The van der Waals surface area contributed by atoms with Gasteiger partial charge in [-0.2, -0.15) is 0 Å². The lowest BCUT2D eigenvalue weighted by molar-refractivity contribution is -0.143. The van der Waals surface area contributed by atoms with Crippen molar-refractivity contribution in [1.29, 1.82) is 0 Å². The summed E-state index contributed by atoms with van der Waals surface area (Å²) in [6, 6.07) is -15.2. The summed E-state index contributed by atoms with van der Waals surface area (Å²) in [5.41, 5.74) is 20.9. The number of aliphatic hydroxyl groups excluding tert-OH is 3. The van der Waals surface area contributed by atoms with Gasteiger partial charge < -0.3 is 112 Å². The molecular weight excluding hydrogens is 1190 g/mol. The number of amides is 16. The molecule has 0 bridgehead atoms. The number of aliphatic hydroxyl groups is 3. The predicted molar refractivity (Wildman–Crippen MR) is 302 cm³/mol. The quantitative estimate of drug-likeness (QED) is 0.0271. The van der Waals surface area contributed by atoms with Crippen molar-refractivity contribution in [1.82, 2.24) is 68.7 Å². The predicted octanol–water partition coefficient (Wildman–Crippen LogP) is -11.9. The van der Waals surface area contributed by atoms with Gasteiger partial charge in [-0.05, 0) is 70.8 Å². The minimum Gasteiger partial charge on any atom is -0.480 e. The first kappa shape index (κ1) is 75.9. The molecule has 2 heterocycles. The highest BCUT2D eigenvalue weighted by atomic mass is 16.4. The van der Waals surface area contributed by atoms with Gasteiger partial charge >= 0.3 is 5.97 Å². The molecule has 0 radical (unpaired) electrons. The summed E-state index contributed by atoms with van der Waals surface area (Å²) in [6.45, 7) is 0.0549. The van der Waals surface area contributed by atoms with Crippen LogP contribution in [-0.2, 0) is 81.5 Å². The van der Waals surface area contributed by atoms with E-state index in [4.69, 9.17) is 22.9 Å². The molecule has 38 heteroatoms. The van der Waals surface area contributed by atoms with E-state index >= 15 is 0 Å². The normalized spacial score (nSPS) is 17.4. The van der Waals surface area contributed by atoms with Crippen LogP contribution in [0, 0.1) is 5.92 Å². The molecule has 16 amide bonds. The number of carboxylic acids is 1. The van der Waals surface area contributed by atoms with E-state index in [1.54, 1.807) is 0 Å². The average Bonchev–Trinajstić information content (AvgIpc) is 4.41. The fraction of sp³-hybridized carbons (Fsp3) is 0.667. The Morgan fingerprint density at radius 1 is 0.472 bits per heavy atom. The Labute approximate surface area is 509 Å². The maximum Gasteiger partial charge on any atom is 0.326 e. The number of nitrogens with zero attached hydrogens (tertiary/aromatic N) is 1. The Kier molecular flexibility index (Phi) is 32.6. The number of nitrogens with two attached hydrogens (primary N) is 4. The van der Waals surface area contributed by atoms with Crippen LogP contribution in [0.2, 0.25) is 0 Å². The van der Waals surface area contributed by atoms with Crippen molar-refractivity contribution < 1.29 is 102 Å². The molecule has 2 aliphatic rings. The van der Waals surface area contributed by atoms with Crippen molar-refractivity contribution in [3.05, 3.63) is 0 Å². The lowest BCUT2D eigenvalue weighted by Gasteiger charge is -2.30. The molecule has 0 spiro atoms. The zero-order valence-corrected chi connectivity index (χ0v) is 49.3. The molecule has 0 aliphatic carbocycles. The summed E-state index contributed by atoms with van der Waals surface area (Å²) in [7, 11) is 0. The van der Waals surface area contributed by atoms with Crippen LogP contribution in [0.25, 0.3) is 0 Å². The third-order valence-corrected chi connectivity index (χ3v) is 13.7. The van der Waals surface area contributed by atoms with Gasteiger partial charge in [0, 0.05) is 32.2 Å². The molecule has 24 N–H and O–H groups in total. The molecule has 0 aromatic rings. The fourth-order valence-electron chi connectivity index (χ4n) is 8.84. The second kappa shape index (κ2) is 38.2. The molecule has 0 unspecified atom stereocenters. The van der Waals surface area contributed by atoms with Crippen LogP contribution in [0.4, 0.5) is 0 Å². The van der Waals surface area contributed by atoms with Gasteiger partial charge in [-0.1, -0.05) is 13.8 Å². The van der Waals surface area contributed by atoms with E-state index < -0.39 is 257 Å². The number of carboxylic acid groups (broad SMARTS) is 1. The highest BCUT2D eigenvalue weighted by Crippen LogP contribution is 2.21. The van der Waals surface area contributed by atoms with Gasteiger partial charge in [0.1, 0.15) is 54.4 Å². The average molecular weight is 1270 g/mol. The van der Waals surface area contributed by atoms with Crippen molar-refractivity contribution in [3.8, 4) is 0 Å². The number of carbonyl (C=O) groups excluding carboxylic acids is 16. The van der Waals surface area contributed by atoms with E-state index in [2.05, 4.69) is 63.8 Å². The summed E-state index contributed by atoms with van der Waals surface area (Å²) >= 11 is 0. The molecule has 498 valence electrons. The van der Waals surface area contributed by atoms with Gasteiger partial charge in [0.05, 0.1) is 45.0 Å². The number of likely N-dealkylation sites (tertiary alicyclic amines) is 1. The molecule has 89 heavy (non-hydrogen) atoms. The molecule has 38 nitrogen and oxygen atoms in total. The fourth-order valence-corrected chi connectivity index (χ4v) is 8.84. The van der Waals surface area contributed by atoms with E-state index in [1.807, 2.05) is 0 Å². The maximum atomic E-state index is 14.2. The summed E-state index contributed by atoms with van der Waals surface area (Å²) < 4.78 is 0. The Hall–Kier alpha value is -9.17. The van der Waals surface area contributed by atoms with Crippen molar-refractivity contribution >= 4 is 100 Å². The van der Waals surface area contributed by atoms with Crippen LogP contribution >= 0.6 is 0 Å². The largest absolute Gasteiger partial charge is 0.480 e. The minimum absolute atomic E-state index is 0.0472. The summed E-state index contributed by atoms with van der Waals surface area (Å²) in [5.74, 6) is -18.0. The van der Waals surface area contributed by atoms with Gasteiger partial charge in [0.25, 0.3) is 0 Å². The molecule has 0 aromatic carbocycles. The SMILES string of the molecule is CC(C)[C@H](NC(=O)[C@H](CO)NC(=O)[C@@H]1CCCN1C(=O)[C@H](CCC(N)=O)NC(=O)[C@H](CCC(N)=O)NC(=O)CNC(=O)[C@H](CO)NC(=O)[C@@H](NC(=O)CNC(=O)[C@@H]1CCCN1)[C@@H](C)O)C(=O)NCC(=O)N[C@@H](CCC(N)=O)C(=O)N[C@@H](CCC(N)=O)C(=O)O. The molecule has 0 aromatic heterocycles. The monoisotopic (exact) mass is 1270 g/mol. The third kappa shape index (κ3) is 27.2. The molecular formula is C51H83N17O21. The number of primary amides is 4. The molecule has 2 rings (SSSR count). The van der Waals surface area contributed by atoms with Crippen molar-refractivity contribution in [2.75, 3.05) is 45.9 Å². The van der Waals surface area contributed by atoms with Gasteiger partial charge in [-0.25, -0.2) is 4.79 Å². The van der Waals surface area contributed by atoms with E-state index in [-0.39, 0.29) is 19.4 Å². The zero-order valence-electron chi connectivity index (χ0n) is 49.3. The summed E-state index contributed by atoms with van der Waals surface area (Å²) in [6.07, 6.45) is -3.90. The lowest BCUT2D eigenvalue weighted by Crippen LogP contribution is -2.60. The second-order valence-electron chi connectivity index (χ2n) is 21.2. The molecule has 2 aliphatic heterocycles. The Morgan fingerprint density at radius 2 is 0.910 bits per heavy atom. The molecule has 0 saturated carbocycles. The highest BCUT2D eigenvalue weighted by Gasteiger charge is 2.41. The van der Waals surface area contributed by atoms with Crippen LogP contribution in [0.15, 0.2) is 0 Å². The van der Waals surface area contributed by atoms with Crippen molar-refractivity contribution in [2.45, 2.75) is 164 Å². The number of nitrogens with one attached hydrogen (secondary N) is 12. The van der Waals surface area contributed by atoms with Gasteiger partial charge in [-0.15, -0.1) is 0 Å². The van der Waals surface area contributed by atoms with Crippen LogP contribution in [0.1, 0.15) is 97.8 Å². The maximum absolute atomic E-state index is 14.2.